The van der Waals surface area contributed by atoms with E-state index in [2.05, 4.69) is 235 Å². The van der Waals surface area contributed by atoms with E-state index in [0.717, 1.165) is 88.0 Å². The Morgan fingerprint density at radius 1 is 0.309 bits per heavy atom. The third-order valence-corrected chi connectivity index (χ3v) is 14.0. The summed E-state index contributed by atoms with van der Waals surface area (Å²) in [5, 5.41) is 31.8. The lowest BCUT2D eigenvalue weighted by Gasteiger charge is -2.30. The molecular formula is C64H56N4. The summed E-state index contributed by atoms with van der Waals surface area (Å²) in [4.78, 5) is 4.77. The molecule has 0 unspecified atom stereocenters. The zero-order valence-corrected chi connectivity index (χ0v) is 40.3. The molecule has 0 fully saturated rings. The van der Waals surface area contributed by atoms with E-state index in [9.17, 15) is 10.5 Å². The summed E-state index contributed by atoms with van der Waals surface area (Å²) < 4.78 is 0. The van der Waals surface area contributed by atoms with Gasteiger partial charge in [-0.3, -0.25) is 0 Å². The lowest BCUT2D eigenvalue weighted by atomic mass is 9.85. The van der Waals surface area contributed by atoms with Gasteiger partial charge < -0.3 is 9.80 Å². The highest BCUT2D eigenvalue weighted by Crippen LogP contribution is 2.51. The van der Waals surface area contributed by atoms with Gasteiger partial charge in [-0.25, -0.2) is 0 Å². The molecule has 0 aromatic heterocycles. The van der Waals surface area contributed by atoms with Crippen molar-refractivity contribution in [2.75, 3.05) is 9.80 Å². The van der Waals surface area contributed by atoms with Gasteiger partial charge in [0.15, 0.2) is 0 Å². The fourth-order valence-corrected chi connectivity index (χ4v) is 10.2. The fraction of sp³-hybridized carbons (Fsp3) is 0.188. The first-order chi connectivity index (χ1) is 32.9. The van der Waals surface area contributed by atoms with Crippen LogP contribution in [0.25, 0.3) is 53.9 Å². The molecule has 0 saturated carbocycles. The smallest absolute Gasteiger partial charge is 0.101 e. The molecule has 0 atom stereocenters. The first kappa shape index (κ1) is 43.9. The van der Waals surface area contributed by atoms with E-state index in [-0.39, 0.29) is 0 Å². The predicted octanol–water partition coefficient (Wildman–Crippen LogP) is 18.6. The third-order valence-electron chi connectivity index (χ3n) is 14.0. The van der Waals surface area contributed by atoms with Gasteiger partial charge in [-0.05, 0) is 162 Å². The highest BCUT2D eigenvalue weighted by atomic mass is 15.1. The highest BCUT2D eigenvalue weighted by molar-refractivity contribution is 6.39. The largest absolute Gasteiger partial charge is 0.310 e. The molecule has 0 saturated heterocycles. The first-order valence-corrected chi connectivity index (χ1v) is 24.1. The van der Waals surface area contributed by atoms with Crippen molar-refractivity contribution in [1.82, 2.24) is 0 Å². The minimum absolute atomic E-state index is 0.360. The van der Waals surface area contributed by atoms with Crippen molar-refractivity contribution in [3.05, 3.63) is 203 Å². The van der Waals surface area contributed by atoms with E-state index in [1.165, 1.54) is 22.3 Å². The summed E-state index contributed by atoms with van der Waals surface area (Å²) in [5.74, 6) is 1.59. The molecule has 68 heavy (non-hydrogen) atoms. The summed E-state index contributed by atoms with van der Waals surface area (Å²) in [7, 11) is 0. The summed E-state index contributed by atoms with van der Waals surface area (Å²) in [5.41, 5.74) is 12.2. The van der Waals surface area contributed by atoms with Gasteiger partial charge in [0.05, 0.1) is 22.5 Å². The molecule has 0 N–H and O–H groups in total. The van der Waals surface area contributed by atoms with Gasteiger partial charge in [0.1, 0.15) is 12.1 Å². The topological polar surface area (TPSA) is 54.1 Å². The molecule has 4 heteroatoms. The quantitative estimate of drug-likeness (QED) is 0.128. The highest BCUT2D eigenvalue weighted by Gasteiger charge is 2.25. The lowest BCUT2D eigenvalue weighted by Crippen LogP contribution is -2.12. The van der Waals surface area contributed by atoms with Crippen molar-refractivity contribution < 1.29 is 0 Å². The SMILES string of the molecule is CC(C)c1ccc(N(c2ccc(C(C)C)cc2)c2cc3c4cc(C#N)c(C#N)cc4c4cc(N(c5ccc(C(C)C)cc5)c5ccc(C(C)C)cc5)c5ccccc5c4c3c3ccccc23)cc1. The monoisotopic (exact) mass is 880 g/mol. The second-order valence-corrected chi connectivity index (χ2v) is 19.6. The van der Waals surface area contributed by atoms with Gasteiger partial charge >= 0.3 is 0 Å². The predicted molar refractivity (Wildman–Crippen MR) is 289 cm³/mol. The zero-order valence-electron chi connectivity index (χ0n) is 40.3. The van der Waals surface area contributed by atoms with Gasteiger partial charge in [0.25, 0.3) is 0 Å². The molecule has 10 rings (SSSR count). The molecular weight excluding hydrogens is 825 g/mol. The minimum atomic E-state index is 0.360. The third kappa shape index (κ3) is 7.57. The lowest BCUT2D eigenvalue weighted by molar-refractivity contribution is 0.866. The van der Waals surface area contributed by atoms with E-state index < -0.39 is 0 Å². The van der Waals surface area contributed by atoms with Crippen LogP contribution in [0, 0.1) is 22.7 Å². The Hall–Kier alpha value is -7.92. The maximum Gasteiger partial charge on any atom is 0.101 e. The fourth-order valence-electron chi connectivity index (χ4n) is 10.2. The average molecular weight is 881 g/mol. The van der Waals surface area contributed by atoms with Crippen molar-refractivity contribution in [1.29, 1.82) is 10.5 Å². The van der Waals surface area contributed by atoms with Crippen LogP contribution in [0.5, 0.6) is 0 Å². The average Bonchev–Trinajstić information content (AvgIpc) is 3.36. The van der Waals surface area contributed by atoms with E-state index in [1.807, 2.05) is 12.1 Å². The van der Waals surface area contributed by atoms with Crippen LogP contribution < -0.4 is 9.80 Å². The van der Waals surface area contributed by atoms with Crippen molar-refractivity contribution in [2.45, 2.75) is 79.1 Å². The molecule has 10 aromatic rings. The van der Waals surface area contributed by atoms with Crippen LogP contribution in [0.2, 0.25) is 0 Å². The van der Waals surface area contributed by atoms with Crippen LogP contribution >= 0.6 is 0 Å². The van der Waals surface area contributed by atoms with Gasteiger partial charge in [-0.15, -0.1) is 0 Å². The molecule has 4 nitrogen and oxygen atoms in total. The van der Waals surface area contributed by atoms with Crippen molar-refractivity contribution in [2.24, 2.45) is 0 Å². The number of anilines is 6. The Morgan fingerprint density at radius 2 is 0.574 bits per heavy atom. The van der Waals surface area contributed by atoms with Crippen LogP contribution in [0.1, 0.15) is 112 Å². The number of hydrogen-bond acceptors (Lipinski definition) is 4. The van der Waals surface area contributed by atoms with E-state index in [4.69, 9.17) is 0 Å². The molecule has 0 aliphatic carbocycles. The molecule has 0 spiro atoms. The number of nitrogens with zero attached hydrogens (tertiary/aromatic N) is 4. The van der Waals surface area contributed by atoms with Crippen LogP contribution in [0.15, 0.2) is 170 Å². The molecule has 0 radical (unpaired) electrons. The molecule has 0 amide bonds. The van der Waals surface area contributed by atoms with Crippen molar-refractivity contribution in [3.8, 4) is 12.1 Å². The number of hydrogen-bond donors (Lipinski definition) is 0. The Labute approximate surface area is 400 Å². The standard InChI is InChI=1S/C64H56N4/c1-39(2)43-17-25-49(26-18-43)67(50-27-19-44(20-28-50)40(3)4)61-35-59-57-33-47(37-65)48(38-66)34-58(57)60-36-62(54-14-10-12-16-56(54)64(60)63(59)55-15-11-9-13-53(55)61)68(51-29-21-45(22-30-51)41(5)6)52-31-23-46(24-32-52)42(7)8/h9-36,39-42H,1-8H3. The van der Waals surface area contributed by atoms with Gasteiger partial charge in [-0.1, -0.05) is 152 Å². The Bertz CT molecular complexity index is 3280. The Balaban J connectivity index is 1.35. The van der Waals surface area contributed by atoms with Crippen LogP contribution in [-0.2, 0) is 0 Å². The summed E-state index contributed by atoms with van der Waals surface area (Å²) in [6.45, 7) is 17.9. The Morgan fingerprint density at radius 3 is 0.824 bits per heavy atom. The number of nitriles is 2. The second kappa shape index (κ2) is 17.7. The molecule has 10 aromatic carbocycles. The first-order valence-electron chi connectivity index (χ1n) is 24.1. The molecule has 0 aliphatic heterocycles. The van der Waals surface area contributed by atoms with E-state index >= 15 is 0 Å². The summed E-state index contributed by atoms with van der Waals surface area (Å²) >= 11 is 0. The van der Waals surface area contributed by atoms with Gasteiger partial charge in [0, 0.05) is 33.5 Å². The minimum Gasteiger partial charge on any atom is -0.310 e. The molecule has 332 valence electrons. The molecule has 0 aliphatic rings. The number of rotatable bonds is 10. The van der Waals surface area contributed by atoms with E-state index in [1.54, 1.807) is 0 Å². The molecule has 0 bridgehead atoms. The second-order valence-electron chi connectivity index (χ2n) is 19.6. The van der Waals surface area contributed by atoms with Crippen LogP contribution in [0.4, 0.5) is 34.1 Å². The maximum atomic E-state index is 10.6. The van der Waals surface area contributed by atoms with Gasteiger partial charge in [-0.2, -0.15) is 10.5 Å². The molecule has 0 heterocycles. The van der Waals surface area contributed by atoms with E-state index in [0.29, 0.717) is 34.8 Å². The summed E-state index contributed by atoms with van der Waals surface area (Å²) in [6.07, 6.45) is 0. The van der Waals surface area contributed by atoms with Crippen LogP contribution in [0.3, 0.4) is 0 Å². The van der Waals surface area contributed by atoms with Gasteiger partial charge in [0.2, 0.25) is 0 Å². The number of fused-ring (bicyclic) bond motifs is 10. The van der Waals surface area contributed by atoms with Crippen molar-refractivity contribution in [3.63, 3.8) is 0 Å². The number of benzene rings is 10. The van der Waals surface area contributed by atoms with Crippen molar-refractivity contribution >= 4 is 88.0 Å². The van der Waals surface area contributed by atoms with Crippen LogP contribution in [-0.4, -0.2) is 0 Å². The summed E-state index contributed by atoms with van der Waals surface area (Å²) in [6, 6.07) is 66.8. The Kier molecular flexibility index (Phi) is 11.4. The normalized spacial score (nSPS) is 11.7. The zero-order chi connectivity index (χ0) is 47.4. The maximum absolute atomic E-state index is 10.6.